The van der Waals surface area contributed by atoms with Crippen LogP contribution in [0.3, 0.4) is 0 Å². The van der Waals surface area contributed by atoms with E-state index in [-0.39, 0.29) is 18.3 Å². The highest BCUT2D eigenvalue weighted by Gasteiger charge is 2.15. The van der Waals surface area contributed by atoms with Crippen molar-refractivity contribution in [3.63, 3.8) is 0 Å². The predicted molar refractivity (Wildman–Crippen MR) is 84.6 cm³/mol. The van der Waals surface area contributed by atoms with Gasteiger partial charge in [0.1, 0.15) is 5.75 Å². The Balaban J connectivity index is 2.67. The molecule has 0 saturated heterocycles. The van der Waals surface area contributed by atoms with Crippen molar-refractivity contribution < 1.29 is 19.1 Å². The average molecular weight is 307 g/mol. The number of rotatable bonds is 9. The van der Waals surface area contributed by atoms with E-state index >= 15 is 0 Å². The predicted octanol–water partition coefficient (Wildman–Crippen LogP) is 2.78. The van der Waals surface area contributed by atoms with Gasteiger partial charge in [-0.1, -0.05) is 19.1 Å². The molecule has 0 aliphatic heterocycles. The van der Waals surface area contributed by atoms with Gasteiger partial charge in [0.15, 0.2) is 0 Å². The molecule has 22 heavy (non-hydrogen) atoms. The van der Waals surface area contributed by atoms with E-state index in [2.05, 4.69) is 0 Å². The maximum Gasteiger partial charge on any atom is 0.307 e. The van der Waals surface area contributed by atoms with Gasteiger partial charge in [0, 0.05) is 19.5 Å². The third kappa shape index (κ3) is 6.16. The number of hydrogen-bond donors (Lipinski definition) is 0. The lowest BCUT2D eigenvalue weighted by Crippen LogP contribution is -2.32. The molecule has 122 valence electrons. The van der Waals surface area contributed by atoms with Crippen LogP contribution in [0.25, 0.3) is 0 Å². The number of esters is 1. The van der Waals surface area contributed by atoms with E-state index in [4.69, 9.17) is 9.47 Å². The topological polar surface area (TPSA) is 55.8 Å². The van der Waals surface area contributed by atoms with Crippen molar-refractivity contribution in [2.24, 2.45) is 0 Å². The van der Waals surface area contributed by atoms with Crippen LogP contribution in [-0.4, -0.2) is 37.0 Å². The van der Waals surface area contributed by atoms with Gasteiger partial charge in [0.25, 0.3) is 0 Å². The molecule has 0 spiro atoms. The van der Waals surface area contributed by atoms with Crippen molar-refractivity contribution in [3.05, 3.63) is 29.8 Å². The monoisotopic (exact) mass is 307 g/mol. The minimum atomic E-state index is -0.272. The standard InChI is InChI=1S/C17H25NO4/c1-4-6-16(19)18(12-11-17(20)22-5-2)13-14-7-9-15(21-3)10-8-14/h7-10H,4-6,11-13H2,1-3H3. The molecule has 5 heteroatoms. The minimum Gasteiger partial charge on any atom is -0.497 e. The highest BCUT2D eigenvalue weighted by atomic mass is 16.5. The van der Waals surface area contributed by atoms with Gasteiger partial charge in [-0.2, -0.15) is 0 Å². The molecule has 0 radical (unpaired) electrons. The van der Waals surface area contributed by atoms with Crippen LogP contribution in [0, 0.1) is 0 Å². The van der Waals surface area contributed by atoms with Gasteiger partial charge in [0.2, 0.25) is 5.91 Å². The van der Waals surface area contributed by atoms with Gasteiger partial charge in [-0.3, -0.25) is 9.59 Å². The zero-order valence-electron chi connectivity index (χ0n) is 13.6. The van der Waals surface area contributed by atoms with E-state index < -0.39 is 0 Å². The largest absolute Gasteiger partial charge is 0.497 e. The zero-order chi connectivity index (χ0) is 16.4. The van der Waals surface area contributed by atoms with E-state index in [1.165, 1.54) is 0 Å². The van der Waals surface area contributed by atoms with Gasteiger partial charge in [-0.15, -0.1) is 0 Å². The molecule has 0 heterocycles. The summed E-state index contributed by atoms with van der Waals surface area (Å²) in [5.74, 6) is 0.566. The highest BCUT2D eigenvalue weighted by molar-refractivity contribution is 5.77. The Kier molecular flexibility index (Phi) is 8.04. The number of amides is 1. The number of hydrogen-bond acceptors (Lipinski definition) is 4. The summed E-state index contributed by atoms with van der Waals surface area (Å²) in [5.41, 5.74) is 1.01. The van der Waals surface area contributed by atoms with E-state index in [1.54, 1.807) is 18.9 Å². The van der Waals surface area contributed by atoms with Crippen molar-refractivity contribution in [2.45, 2.75) is 39.7 Å². The third-order valence-electron chi connectivity index (χ3n) is 3.24. The van der Waals surface area contributed by atoms with Gasteiger partial charge in [-0.25, -0.2) is 0 Å². The molecule has 0 bridgehead atoms. The minimum absolute atomic E-state index is 0.0580. The molecule has 0 unspecified atom stereocenters. The van der Waals surface area contributed by atoms with Crippen LogP contribution >= 0.6 is 0 Å². The van der Waals surface area contributed by atoms with Gasteiger partial charge in [-0.05, 0) is 31.0 Å². The van der Waals surface area contributed by atoms with Crippen molar-refractivity contribution >= 4 is 11.9 Å². The number of methoxy groups -OCH3 is 1. The second kappa shape index (κ2) is 9.82. The molecule has 1 rings (SSSR count). The Morgan fingerprint density at radius 2 is 1.77 bits per heavy atom. The molecule has 0 fully saturated rings. The molecule has 0 aromatic heterocycles. The zero-order valence-corrected chi connectivity index (χ0v) is 13.6. The lowest BCUT2D eigenvalue weighted by Gasteiger charge is -2.22. The number of carbonyl (C=O) groups excluding carboxylic acids is 2. The van der Waals surface area contributed by atoms with Crippen molar-refractivity contribution in [1.82, 2.24) is 4.90 Å². The van der Waals surface area contributed by atoms with Gasteiger partial charge < -0.3 is 14.4 Å². The molecule has 1 aromatic rings. The van der Waals surface area contributed by atoms with Crippen LogP contribution in [0.1, 0.15) is 38.7 Å². The smallest absolute Gasteiger partial charge is 0.307 e. The van der Waals surface area contributed by atoms with Crippen molar-refractivity contribution in [1.29, 1.82) is 0 Å². The normalized spacial score (nSPS) is 10.1. The maximum absolute atomic E-state index is 12.2. The lowest BCUT2D eigenvalue weighted by atomic mass is 10.2. The molecule has 1 aromatic carbocycles. The fourth-order valence-electron chi connectivity index (χ4n) is 2.07. The van der Waals surface area contributed by atoms with Gasteiger partial charge in [0.05, 0.1) is 20.1 Å². The summed E-state index contributed by atoms with van der Waals surface area (Å²) in [7, 11) is 1.62. The second-order valence-electron chi connectivity index (χ2n) is 4.97. The highest BCUT2D eigenvalue weighted by Crippen LogP contribution is 2.14. The Bertz CT molecular complexity index is 470. The summed E-state index contributed by atoms with van der Waals surface area (Å²) in [5, 5.41) is 0. The fourth-order valence-corrected chi connectivity index (χ4v) is 2.07. The first-order valence-corrected chi connectivity index (χ1v) is 7.67. The first-order chi connectivity index (χ1) is 10.6. The van der Waals surface area contributed by atoms with Crippen LogP contribution in [-0.2, 0) is 20.9 Å². The van der Waals surface area contributed by atoms with Crippen LogP contribution in [0.15, 0.2) is 24.3 Å². The molecule has 0 aliphatic carbocycles. The molecular weight excluding hydrogens is 282 g/mol. The Morgan fingerprint density at radius 1 is 1.09 bits per heavy atom. The molecular formula is C17H25NO4. The van der Waals surface area contributed by atoms with E-state index in [1.807, 2.05) is 31.2 Å². The third-order valence-corrected chi connectivity index (χ3v) is 3.24. The SMILES string of the molecule is CCCC(=O)N(CCC(=O)OCC)Cc1ccc(OC)cc1. The van der Waals surface area contributed by atoms with E-state index in [0.717, 1.165) is 17.7 Å². The first-order valence-electron chi connectivity index (χ1n) is 7.67. The van der Waals surface area contributed by atoms with Gasteiger partial charge >= 0.3 is 5.97 Å². The Hall–Kier alpha value is -2.04. The first kappa shape index (κ1) is 18.0. The Morgan fingerprint density at radius 3 is 2.32 bits per heavy atom. The summed E-state index contributed by atoms with van der Waals surface area (Å²) in [4.78, 5) is 25.4. The van der Waals surface area contributed by atoms with E-state index in [9.17, 15) is 9.59 Å². The summed E-state index contributed by atoms with van der Waals surface area (Å²) >= 11 is 0. The number of carbonyl (C=O) groups is 2. The number of ether oxygens (including phenoxy) is 2. The molecule has 0 atom stereocenters. The maximum atomic E-state index is 12.2. The molecule has 1 amide bonds. The van der Waals surface area contributed by atoms with Crippen LogP contribution in [0.2, 0.25) is 0 Å². The fraction of sp³-hybridized carbons (Fsp3) is 0.529. The van der Waals surface area contributed by atoms with Crippen LogP contribution in [0.4, 0.5) is 0 Å². The molecule has 0 aliphatic rings. The van der Waals surface area contributed by atoms with Crippen molar-refractivity contribution in [2.75, 3.05) is 20.3 Å². The summed E-state index contributed by atoms with van der Waals surface area (Å²) in [6.45, 7) is 4.97. The van der Waals surface area contributed by atoms with Crippen LogP contribution in [0.5, 0.6) is 5.75 Å². The Labute approximate surface area is 132 Å². The second-order valence-corrected chi connectivity index (χ2v) is 4.97. The van der Waals surface area contributed by atoms with Crippen molar-refractivity contribution in [3.8, 4) is 5.75 Å². The quantitative estimate of drug-likeness (QED) is 0.658. The summed E-state index contributed by atoms with van der Waals surface area (Å²) in [6, 6.07) is 7.58. The summed E-state index contributed by atoms with van der Waals surface area (Å²) in [6.07, 6.45) is 1.50. The molecule has 0 N–H and O–H groups in total. The number of nitrogens with zero attached hydrogens (tertiary/aromatic N) is 1. The molecule has 0 saturated carbocycles. The summed E-state index contributed by atoms with van der Waals surface area (Å²) < 4.78 is 10.0. The lowest BCUT2D eigenvalue weighted by molar-refractivity contribution is -0.144. The number of benzene rings is 1. The average Bonchev–Trinajstić information content (AvgIpc) is 2.52. The van der Waals surface area contributed by atoms with E-state index in [0.29, 0.717) is 26.1 Å². The molecule has 5 nitrogen and oxygen atoms in total. The van der Waals surface area contributed by atoms with Crippen LogP contribution < -0.4 is 4.74 Å².